The van der Waals surface area contributed by atoms with Crippen molar-refractivity contribution < 1.29 is 24.5 Å². The van der Waals surface area contributed by atoms with Crippen LogP contribution in [0.25, 0.3) is 0 Å². The normalized spacial score (nSPS) is 14.6. The number of aliphatic hydroxyl groups is 1. The first kappa shape index (κ1) is 22.2. The molecule has 7 nitrogen and oxygen atoms in total. The summed E-state index contributed by atoms with van der Waals surface area (Å²) in [6.07, 6.45) is -0.836. The van der Waals surface area contributed by atoms with E-state index in [2.05, 4.69) is 9.64 Å². The Balaban J connectivity index is 0.000000359. The van der Waals surface area contributed by atoms with Gasteiger partial charge in [-0.2, -0.15) is 0 Å². The van der Waals surface area contributed by atoms with Gasteiger partial charge in [0.2, 0.25) is 0 Å². The third-order valence-corrected chi connectivity index (χ3v) is 3.86. The van der Waals surface area contributed by atoms with Gasteiger partial charge in [0.05, 0.1) is 13.2 Å². The second kappa shape index (κ2) is 11.7. The summed E-state index contributed by atoms with van der Waals surface area (Å²) < 4.78 is 4.43. The monoisotopic (exact) mass is 386 g/mol. The molecular weight excluding hydrogens is 360 g/mol. The van der Waals surface area contributed by atoms with E-state index in [0.29, 0.717) is 25.6 Å². The van der Waals surface area contributed by atoms with Crippen LogP contribution in [0.15, 0.2) is 24.3 Å². The molecule has 0 atom stereocenters. The number of nitrogens with zero attached hydrogens (tertiary/aromatic N) is 2. The fraction of sp³-hybridized carbons (Fsp3) is 0.556. The van der Waals surface area contributed by atoms with Gasteiger partial charge < -0.3 is 19.8 Å². The fourth-order valence-electron chi connectivity index (χ4n) is 2.41. The Morgan fingerprint density at radius 1 is 1.19 bits per heavy atom. The Kier molecular flexibility index (Phi) is 10.0. The molecular formula is C18H27ClN2O5. The smallest absolute Gasteiger partial charge is 0.407 e. The molecule has 1 amide bonds. The summed E-state index contributed by atoms with van der Waals surface area (Å²) in [6.45, 7) is 7.80. The molecule has 2 N–H and O–H groups in total. The highest BCUT2D eigenvalue weighted by Gasteiger charge is 2.20. The molecule has 1 heterocycles. The van der Waals surface area contributed by atoms with Crippen LogP contribution in [0.5, 0.6) is 0 Å². The number of carboxylic acid groups (broad SMARTS) is 1. The van der Waals surface area contributed by atoms with Crippen molar-refractivity contribution >= 4 is 23.1 Å². The number of hydrogen-bond donors (Lipinski definition) is 2. The molecule has 1 aliphatic heterocycles. The van der Waals surface area contributed by atoms with Gasteiger partial charge in [-0.25, -0.2) is 9.59 Å². The summed E-state index contributed by atoms with van der Waals surface area (Å²) in [5, 5.41) is 17.9. The van der Waals surface area contributed by atoms with Gasteiger partial charge in [0.1, 0.15) is 0 Å². The maximum atomic E-state index is 10.8. The van der Waals surface area contributed by atoms with Gasteiger partial charge >= 0.3 is 11.5 Å². The van der Waals surface area contributed by atoms with Gasteiger partial charge in [-0.3, -0.25) is 4.90 Å². The highest BCUT2D eigenvalue weighted by atomic mass is 35.5. The van der Waals surface area contributed by atoms with E-state index in [0.717, 1.165) is 30.8 Å². The average Bonchev–Trinajstić information content (AvgIpc) is 2.61. The third kappa shape index (κ3) is 9.03. The highest BCUT2D eigenvalue weighted by molar-refractivity contribution is 6.61. The van der Waals surface area contributed by atoms with Crippen LogP contribution in [0.4, 0.5) is 9.59 Å². The molecule has 0 saturated carbocycles. The molecule has 26 heavy (non-hydrogen) atoms. The van der Waals surface area contributed by atoms with Crippen LogP contribution in [-0.2, 0) is 17.9 Å². The number of hydrogen-bond acceptors (Lipinski definition) is 5. The van der Waals surface area contributed by atoms with Crippen LogP contribution in [-0.4, -0.2) is 64.3 Å². The lowest BCUT2D eigenvalue weighted by molar-refractivity contribution is 0.103. The summed E-state index contributed by atoms with van der Waals surface area (Å²) in [6, 6.07) is 7.85. The zero-order chi connectivity index (χ0) is 19.5. The molecule has 0 aromatic heterocycles. The minimum atomic E-state index is -0.836. The molecule has 1 fully saturated rings. The summed E-state index contributed by atoms with van der Waals surface area (Å²) in [5.74, 6) is 0.359. The SMILES string of the molecule is CC(C)COC(=O)Cl.O=C(O)N1CCN(Cc2cccc(CO)c2)CC1. The molecule has 1 aliphatic rings. The van der Waals surface area contributed by atoms with E-state index in [1.54, 1.807) is 0 Å². The molecule has 0 radical (unpaired) electrons. The lowest BCUT2D eigenvalue weighted by Crippen LogP contribution is -2.47. The quantitative estimate of drug-likeness (QED) is 0.756. The van der Waals surface area contributed by atoms with E-state index in [9.17, 15) is 9.59 Å². The van der Waals surface area contributed by atoms with Crippen LogP contribution in [0.3, 0.4) is 0 Å². The van der Waals surface area contributed by atoms with Crippen LogP contribution in [0.1, 0.15) is 25.0 Å². The van der Waals surface area contributed by atoms with Crippen molar-refractivity contribution in [1.82, 2.24) is 9.80 Å². The number of carbonyl (C=O) groups is 2. The number of rotatable bonds is 5. The van der Waals surface area contributed by atoms with E-state index >= 15 is 0 Å². The van der Waals surface area contributed by atoms with Gasteiger partial charge in [0.15, 0.2) is 0 Å². The van der Waals surface area contributed by atoms with Gasteiger partial charge in [0, 0.05) is 44.3 Å². The van der Waals surface area contributed by atoms with E-state index in [-0.39, 0.29) is 6.61 Å². The second-order valence-electron chi connectivity index (χ2n) is 6.47. The average molecular weight is 387 g/mol. The number of benzene rings is 1. The van der Waals surface area contributed by atoms with Crippen molar-refractivity contribution in [3.8, 4) is 0 Å². The van der Waals surface area contributed by atoms with E-state index < -0.39 is 11.5 Å². The fourth-order valence-corrected chi connectivity index (χ4v) is 2.48. The lowest BCUT2D eigenvalue weighted by Gasteiger charge is -2.33. The van der Waals surface area contributed by atoms with E-state index in [1.807, 2.05) is 38.1 Å². The topological polar surface area (TPSA) is 90.3 Å². The molecule has 0 bridgehead atoms. The molecule has 0 unspecified atom stereocenters. The summed E-state index contributed by atoms with van der Waals surface area (Å²) in [5.41, 5.74) is 1.35. The molecule has 0 spiro atoms. The van der Waals surface area contributed by atoms with Gasteiger partial charge in [0.25, 0.3) is 0 Å². The Hall–Kier alpha value is -1.83. The number of halogens is 1. The zero-order valence-corrected chi connectivity index (χ0v) is 16.0. The van der Waals surface area contributed by atoms with Crippen molar-refractivity contribution in [1.29, 1.82) is 0 Å². The van der Waals surface area contributed by atoms with Crippen LogP contribution in [0, 0.1) is 5.92 Å². The Morgan fingerprint density at radius 3 is 2.27 bits per heavy atom. The van der Waals surface area contributed by atoms with Crippen molar-refractivity contribution in [3.05, 3.63) is 35.4 Å². The largest absolute Gasteiger partial charge is 0.465 e. The Morgan fingerprint density at radius 2 is 1.81 bits per heavy atom. The maximum Gasteiger partial charge on any atom is 0.407 e. The van der Waals surface area contributed by atoms with Crippen molar-refractivity contribution in [3.63, 3.8) is 0 Å². The Labute approximate surface area is 159 Å². The van der Waals surface area contributed by atoms with Crippen LogP contribution in [0.2, 0.25) is 0 Å². The van der Waals surface area contributed by atoms with Crippen LogP contribution >= 0.6 is 11.6 Å². The first-order valence-corrected chi connectivity index (χ1v) is 8.90. The highest BCUT2D eigenvalue weighted by Crippen LogP contribution is 2.11. The number of amides is 1. The first-order valence-electron chi connectivity index (χ1n) is 8.53. The Bertz CT molecular complexity index is 574. The standard InChI is InChI=1S/C13H18N2O3.C5H9ClO2/c16-10-12-3-1-2-11(8-12)9-14-4-6-15(7-5-14)13(17)18;1-4(2)3-8-5(6)7/h1-3,8,16H,4-7,9-10H2,(H,17,18);4H,3H2,1-2H3. The lowest BCUT2D eigenvalue weighted by atomic mass is 10.1. The van der Waals surface area contributed by atoms with Gasteiger partial charge in [-0.05, 0) is 17.0 Å². The van der Waals surface area contributed by atoms with Crippen LogP contribution < -0.4 is 0 Å². The molecule has 1 aromatic carbocycles. The maximum absolute atomic E-state index is 10.8. The molecule has 0 aliphatic carbocycles. The summed E-state index contributed by atoms with van der Waals surface area (Å²) in [7, 11) is 0. The molecule has 2 rings (SSSR count). The van der Waals surface area contributed by atoms with Crippen molar-refractivity contribution in [2.75, 3.05) is 32.8 Å². The molecule has 146 valence electrons. The predicted molar refractivity (Wildman–Crippen MR) is 99.3 cm³/mol. The number of piperazine rings is 1. The summed E-state index contributed by atoms with van der Waals surface area (Å²) >= 11 is 4.86. The summed E-state index contributed by atoms with van der Waals surface area (Å²) in [4.78, 5) is 24.4. The van der Waals surface area contributed by atoms with Crippen molar-refractivity contribution in [2.45, 2.75) is 27.0 Å². The predicted octanol–water partition coefficient (Wildman–Crippen LogP) is 2.99. The molecule has 1 aromatic rings. The van der Waals surface area contributed by atoms with E-state index in [4.69, 9.17) is 21.8 Å². The van der Waals surface area contributed by atoms with Gasteiger partial charge in [-0.1, -0.05) is 38.1 Å². The van der Waals surface area contributed by atoms with E-state index in [1.165, 1.54) is 4.90 Å². The van der Waals surface area contributed by atoms with Gasteiger partial charge in [-0.15, -0.1) is 0 Å². The van der Waals surface area contributed by atoms with Crippen molar-refractivity contribution in [2.24, 2.45) is 5.92 Å². The minimum Gasteiger partial charge on any atom is -0.465 e. The molecule has 8 heteroatoms. The number of carbonyl (C=O) groups excluding carboxylic acids is 1. The zero-order valence-electron chi connectivity index (χ0n) is 15.2. The third-order valence-electron chi connectivity index (χ3n) is 3.75. The number of aliphatic hydroxyl groups excluding tert-OH is 1. The first-order chi connectivity index (χ1) is 12.3. The minimum absolute atomic E-state index is 0.0562. The molecule has 1 saturated heterocycles. The second-order valence-corrected chi connectivity index (χ2v) is 6.77. The number of ether oxygens (including phenoxy) is 1.